The first-order chi connectivity index (χ1) is 8.49. The molecule has 0 spiro atoms. The van der Waals surface area contributed by atoms with Crippen molar-refractivity contribution in [1.29, 1.82) is 0 Å². The molecule has 0 bridgehead atoms. The third-order valence-electron chi connectivity index (χ3n) is 2.61. The summed E-state index contributed by atoms with van der Waals surface area (Å²) in [4.78, 5) is 0. The number of ether oxygens (including phenoxy) is 2. The van der Waals surface area contributed by atoms with Crippen LogP contribution in [0.2, 0.25) is 0 Å². The second-order valence-electron chi connectivity index (χ2n) is 5.66. The quantitative estimate of drug-likeness (QED) is 0.596. The van der Waals surface area contributed by atoms with Crippen LogP contribution in [0.4, 0.5) is 5.69 Å². The maximum atomic E-state index is 5.77. The summed E-state index contributed by atoms with van der Waals surface area (Å²) < 4.78 is 11.1. The monoisotopic (exact) mass is 251 g/mol. The molecule has 0 amide bonds. The van der Waals surface area contributed by atoms with Crippen LogP contribution in [0.1, 0.15) is 33.6 Å². The van der Waals surface area contributed by atoms with Crippen LogP contribution in [0, 0.1) is 5.41 Å². The molecule has 1 aromatic carbocycles. The van der Waals surface area contributed by atoms with Gasteiger partial charge in [-0.1, -0.05) is 32.9 Å². The van der Waals surface area contributed by atoms with Crippen LogP contribution in [0.5, 0.6) is 5.75 Å². The Labute approximate surface area is 110 Å². The van der Waals surface area contributed by atoms with E-state index in [9.17, 15) is 0 Å². The molecule has 0 saturated heterocycles. The van der Waals surface area contributed by atoms with E-state index in [4.69, 9.17) is 15.2 Å². The van der Waals surface area contributed by atoms with Gasteiger partial charge in [0.1, 0.15) is 5.75 Å². The van der Waals surface area contributed by atoms with Gasteiger partial charge in [-0.3, -0.25) is 0 Å². The van der Waals surface area contributed by atoms with Crippen LogP contribution in [0.3, 0.4) is 0 Å². The minimum atomic E-state index is 0.342. The van der Waals surface area contributed by atoms with Gasteiger partial charge in [-0.15, -0.1) is 0 Å². The fourth-order valence-corrected chi connectivity index (χ4v) is 1.44. The second-order valence-corrected chi connectivity index (χ2v) is 5.66. The summed E-state index contributed by atoms with van der Waals surface area (Å²) in [5, 5.41) is 0. The predicted octanol–water partition coefficient (Wildman–Crippen LogP) is 3.49. The summed E-state index contributed by atoms with van der Waals surface area (Å²) in [5.74, 6) is 0.757. The van der Waals surface area contributed by atoms with E-state index in [0.717, 1.165) is 31.8 Å². The molecule has 102 valence electrons. The summed E-state index contributed by atoms with van der Waals surface area (Å²) in [6.45, 7) is 8.86. The van der Waals surface area contributed by atoms with Gasteiger partial charge >= 0.3 is 0 Å². The molecule has 1 rings (SSSR count). The lowest BCUT2D eigenvalue weighted by Gasteiger charge is -2.17. The SMILES string of the molecule is CC(C)(C)CCOCCCOc1ccccc1N. The number of nitrogens with two attached hydrogens (primary N) is 1. The fourth-order valence-electron chi connectivity index (χ4n) is 1.44. The zero-order valence-electron chi connectivity index (χ0n) is 11.7. The highest BCUT2D eigenvalue weighted by molar-refractivity contribution is 5.51. The number of para-hydroxylation sites is 2. The highest BCUT2D eigenvalue weighted by Crippen LogP contribution is 2.20. The number of anilines is 1. The molecule has 0 aliphatic heterocycles. The van der Waals surface area contributed by atoms with Crippen molar-refractivity contribution in [2.75, 3.05) is 25.6 Å². The number of nitrogen functional groups attached to an aromatic ring is 1. The molecule has 3 heteroatoms. The molecule has 0 fully saturated rings. The van der Waals surface area contributed by atoms with E-state index in [-0.39, 0.29) is 0 Å². The first-order valence-corrected chi connectivity index (χ1v) is 6.54. The summed E-state index contributed by atoms with van der Waals surface area (Å²) in [6, 6.07) is 7.55. The van der Waals surface area contributed by atoms with E-state index in [1.807, 2.05) is 24.3 Å². The van der Waals surface area contributed by atoms with Crippen molar-refractivity contribution in [3.63, 3.8) is 0 Å². The molecule has 0 aliphatic carbocycles. The van der Waals surface area contributed by atoms with Gasteiger partial charge in [-0.2, -0.15) is 0 Å². The van der Waals surface area contributed by atoms with Crippen LogP contribution in [-0.4, -0.2) is 19.8 Å². The van der Waals surface area contributed by atoms with Crippen LogP contribution in [-0.2, 0) is 4.74 Å². The standard InChI is InChI=1S/C15H25NO2/c1-15(2,3)9-12-17-10-6-11-18-14-8-5-4-7-13(14)16/h4-5,7-8H,6,9-12,16H2,1-3H3. The lowest BCUT2D eigenvalue weighted by atomic mass is 9.93. The zero-order valence-corrected chi connectivity index (χ0v) is 11.7. The molecular weight excluding hydrogens is 226 g/mol. The van der Waals surface area contributed by atoms with Crippen LogP contribution < -0.4 is 10.5 Å². The molecule has 18 heavy (non-hydrogen) atoms. The second kappa shape index (κ2) is 7.27. The van der Waals surface area contributed by atoms with Crippen molar-refractivity contribution in [1.82, 2.24) is 0 Å². The molecule has 0 unspecified atom stereocenters. The van der Waals surface area contributed by atoms with Gasteiger partial charge in [0.2, 0.25) is 0 Å². The van der Waals surface area contributed by atoms with E-state index in [1.54, 1.807) is 0 Å². The summed E-state index contributed by atoms with van der Waals surface area (Å²) >= 11 is 0. The number of hydrogen-bond acceptors (Lipinski definition) is 3. The Kier molecular flexibility index (Phi) is 5.99. The van der Waals surface area contributed by atoms with Gasteiger partial charge in [0.25, 0.3) is 0 Å². The average molecular weight is 251 g/mol. The Morgan fingerprint density at radius 2 is 1.78 bits per heavy atom. The Bertz CT molecular complexity index is 345. The van der Waals surface area contributed by atoms with Crippen molar-refractivity contribution < 1.29 is 9.47 Å². The van der Waals surface area contributed by atoms with Gasteiger partial charge in [0.15, 0.2) is 0 Å². The minimum Gasteiger partial charge on any atom is -0.491 e. The van der Waals surface area contributed by atoms with Gasteiger partial charge in [-0.25, -0.2) is 0 Å². The van der Waals surface area contributed by atoms with Gasteiger partial charge in [-0.05, 0) is 24.0 Å². The zero-order chi connectivity index (χ0) is 13.4. The van der Waals surface area contributed by atoms with Crippen LogP contribution >= 0.6 is 0 Å². The molecule has 1 aromatic rings. The third kappa shape index (κ3) is 6.50. The van der Waals surface area contributed by atoms with E-state index in [2.05, 4.69) is 20.8 Å². The molecule has 0 aliphatic rings. The van der Waals surface area contributed by atoms with Crippen molar-refractivity contribution in [3.8, 4) is 5.75 Å². The van der Waals surface area contributed by atoms with Crippen LogP contribution in [0.15, 0.2) is 24.3 Å². The summed E-state index contributed by atoms with van der Waals surface area (Å²) in [5.41, 5.74) is 6.80. The smallest absolute Gasteiger partial charge is 0.142 e. The average Bonchev–Trinajstić information content (AvgIpc) is 2.28. The predicted molar refractivity (Wildman–Crippen MR) is 75.9 cm³/mol. The summed E-state index contributed by atoms with van der Waals surface area (Å²) in [7, 11) is 0. The number of rotatable bonds is 7. The molecule has 0 aromatic heterocycles. The largest absolute Gasteiger partial charge is 0.491 e. The van der Waals surface area contributed by atoms with E-state index >= 15 is 0 Å². The van der Waals surface area contributed by atoms with Gasteiger partial charge in [0, 0.05) is 19.6 Å². The Balaban J connectivity index is 2.04. The molecule has 0 atom stereocenters. The molecule has 2 N–H and O–H groups in total. The Hall–Kier alpha value is -1.22. The Morgan fingerprint density at radius 1 is 1.06 bits per heavy atom. The van der Waals surface area contributed by atoms with Gasteiger partial charge in [0.05, 0.1) is 12.3 Å². The summed E-state index contributed by atoms with van der Waals surface area (Å²) in [6.07, 6.45) is 1.97. The van der Waals surface area contributed by atoms with Gasteiger partial charge < -0.3 is 15.2 Å². The third-order valence-corrected chi connectivity index (χ3v) is 2.61. The molecule has 0 saturated carbocycles. The Morgan fingerprint density at radius 3 is 2.44 bits per heavy atom. The number of benzene rings is 1. The first kappa shape index (κ1) is 14.8. The molecular formula is C15H25NO2. The van der Waals surface area contributed by atoms with Crippen molar-refractivity contribution in [2.24, 2.45) is 5.41 Å². The fraction of sp³-hybridized carbons (Fsp3) is 0.600. The van der Waals surface area contributed by atoms with E-state index in [0.29, 0.717) is 17.7 Å². The highest BCUT2D eigenvalue weighted by Gasteiger charge is 2.08. The van der Waals surface area contributed by atoms with Crippen molar-refractivity contribution >= 4 is 5.69 Å². The number of hydrogen-bond donors (Lipinski definition) is 1. The van der Waals surface area contributed by atoms with Crippen molar-refractivity contribution in [2.45, 2.75) is 33.6 Å². The van der Waals surface area contributed by atoms with Crippen molar-refractivity contribution in [3.05, 3.63) is 24.3 Å². The first-order valence-electron chi connectivity index (χ1n) is 6.54. The molecule has 0 heterocycles. The normalized spacial score (nSPS) is 11.5. The lowest BCUT2D eigenvalue weighted by molar-refractivity contribution is 0.0974. The highest BCUT2D eigenvalue weighted by atomic mass is 16.5. The van der Waals surface area contributed by atoms with Crippen LogP contribution in [0.25, 0.3) is 0 Å². The van der Waals surface area contributed by atoms with E-state index < -0.39 is 0 Å². The minimum absolute atomic E-state index is 0.342. The van der Waals surface area contributed by atoms with E-state index in [1.165, 1.54) is 0 Å². The molecule has 3 nitrogen and oxygen atoms in total. The maximum Gasteiger partial charge on any atom is 0.142 e. The lowest BCUT2D eigenvalue weighted by Crippen LogP contribution is -2.11. The molecule has 0 radical (unpaired) electrons. The topological polar surface area (TPSA) is 44.5 Å². The maximum absolute atomic E-state index is 5.77.